The molecule has 0 atom stereocenters. The summed E-state index contributed by atoms with van der Waals surface area (Å²) in [6.45, 7) is 1.30. The van der Waals surface area contributed by atoms with Crippen LogP contribution in [0.4, 0.5) is 5.69 Å². The highest BCUT2D eigenvalue weighted by Gasteiger charge is 2.27. The minimum Gasteiger partial charge on any atom is -0.325 e. The Kier molecular flexibility index (Phi) is 7.62. The lowest BCUT2D eigenvalue weighted by Gasteiger charge is -2.23. The number of aryl methyl sites for hydroxylation is 1. The van der Waals surface area contributed by atoms with Crippen LogP contribution in [0.15, 0.2) is 71.6 Å². The number of carbonyl (C=O) groups is 1. The predicted octanol–water partition coefficient (Wildman–Crippen LogP) is 5.78. The van der Waals surface area contributed by atoms with Crippen LogP contribution >= 0.6 is 34.8 Å². The van der Waals surface area contributed by atoms with Gasteiger partial charge in [-0.3, -0.25) is 4.79 Å². The fraction of sp³-hybridized carbons (Fsp3) is 0.136. The standard InChI is InChI=1S/C22H19Cl3N2O3S/c1-15-11-17(23)9-10-21(15)26-22(28)14-27(13-16-7-8-18(24)12-20(16)25)31(29,30)19-5-3-2-4-6-19/h2-12H,13-14H2,1H3,(H,26,28). The van der Waals surface area contributed by atoms with Crippen molar-refractivity contribution < 1.29 is 13.2 Å². The van der Waals surface area contributed by atoms with Crippen molar-refractivity contribution in [3.8, 4) is 0 Å². The number of carbonyl (C=O) groups excluding carboxylic acids is 1. The van der Waals surface area contributed by atoms with Crippen LogP contribution in [0.25, 0.3) is 0 Å². The van der Waals surface area contributed by atoms with E-state index in [1.165, 1.54) is 18.2 Å². The molecule has 0 bridgehead atoms. The summed E-state index contributed by atoms with van der Waals surface area (Å²) in [5, 5.41) is 4.03. The largest absolute Gasteiger partial charge is 0.325 e. The smallest absolute Gasteiger partial charge is 0.243 e. The number of halogens is 3. The molecule has 3 aromatic carbocycles. The zero-order chi connectivity index (χ0) is 22.6. The van der Waals surface area contributed by atoms with Gasteiger partial charge in [-0.2, -0.15) is 4.31 Å². The number of rotatable bonds is 7. The van der Waals surface area contributed by atoms with Gasteiger partial charge in [-0.15, -0.1) is 0 Å². The number of amides is 1. The molecule has 0 fully saturated rings. The van der Waals surface area contributed by atoms with E-state index in [2.05, 4.69) is 5.32 Å². The van der Waals surface area contributed by atoms with Crippen LogP contribution in [0.1, 0.15) is 11.1 Å². The van der Waals surface area contributed by atoms with Crippen molar-refractivity contribution in [2.24, 2.45) is 0 Å². The molecule has 1 N–H and O–H groups in total. The molecule has 0 aromatic heterocycles. The van der Waals surface area contributed by atoms with Crippen molar-refractivity contribution in [3.63, 3.8) is 0 Å². The fourth-order valence-electron chi connectivity index (χ4n) is 2.92. The Balaban J connectivity index is 1.90. The average molecular weight is 498 g/mol. The summed E-state index contributed by atoms with van der Waals surface area (Å²) in [4.78, 5) is 12.8. The van der Waals surface area contributed by atoms with E-state index in [0.29, 0.717) is 26.3 Å². The lowest BCUT2D eigenvalue weighted by molar-refractivity contribution is -0.116. The van der Waals surface area contributed by atoms with E-state index in [0.717, 1.165) is 9.87 Å². The first kappa shape index (κ1) is 23.6. The maximum atomic E-state index is 13.3. The quantitative estimate of drug-likeness (QED) is 0.449. The van der Waals surface area contributed by atoms with Gasteiger partial charge in [-0.25, -0.2) is 8.42 Å². The molecule has 0 saturated carbocycles. The van der Waals surface area contributed by atoms with E-state index >= 15 is 0 Å². The van der Waals surface area contributed by atoms with E-state index in [1.807, 2.05) is 0 Å². The van der Waals surface area contributed by atoms with Gasteiger partial charge in [0.25, 0.3) is 0 Å². The first-order valence-corrected chi connectivity index (χ1v) is 11.8. The van der Waals surface area contributed by atoms with E-state index in [1.54, 1.807) is 55.5 Å². The maximum Gasteiger partial charge on any atom is 0.243 e. The van der Waals surface area contributed by atoms with Crippen LogP contribution in [0.2, 0.25) is 15.1 Å². The minimum atomic E-state index is -3.97. The van der Waals surface area contributed by atoms with Crippen LogP contribution in [-0.2, 0) is 21.4 Å². The Morgan fingerprint density at radius 3 is 2.23 bits per heavy atom. The molecule has 0 aliphatic heterocycles. The molecule has 0 unspecified atom stereocenters. The molecule has 1 amide bonds. The molecule has 0 radical (unpaired) electrons. The Bertz CT molecular complexity index is 1200. The van der Waals surface area contributed by atoms with Gasteiger partial charge in [0.15, 0.2) is 0 Å². The highest BCUT2D eigenvalue weighted by molar-refractivity contribution is 7.89. The van der Waals surface area contributed by atoms with E-state index in [-0.39, 0.29) is 11.4 Å². The molecule has 162 valence electrons. The Morgan fingerprint density at radius 1 is 0.935 bits per heavy atom. The molecule has 3 rings (SSSR count). The van der Waals surface area contributed by atoms with Gasteiger partial charge in [0.1, 0.15) is 0 Å². The highest BCUT2D eigenvalue weighted by atomic mass is 35.5. The summed E-state index contributed by atoms with van der Waals surface area (Å²) in [5.74, 6) is -0.491. The second-order valence-corrected chi connectivity index (χ2v) is 10.0. The van der Waals surface area contributed by atoms with Crippen LogP contribution in [-0.4, -0.2) is 25.2 Å². The number of hydrogen-bond acceptors (Lipinski definition) is 3. The molecule has 0 heterocycles. The van der Waals surface area contributed by atoms with Gasteiger partial charge >= 0.3 is 0 Å². The van der Waals surface area contributed by atoms with Gasteiger partial charge in [0, 0.05) is 27.3 Å². The van der Waals surface area contributed by atoms with E-state index in [9.17, 15) is 13.2 Å². The van der Waals surface area contributed by atoms with Crippen LogP contribution in [0.5, 0.6) is 0 Å². The molecule has 0 saturated heterocycles. The SMILES string of the molecule is Cc1cc(Cl)ccc1NC(=O)CN(Cc1ccc(Cl)cc1Cl)S(=O)(=O)c1ccccc1. The van der Waals surface area contributed by atoms with Crippen LogP contribution in [0.3, 0.4) is 0 Å². The predicted molar refractivity (Wildman–Crippen MR) is 125 cm³/mol. The average Bonchev–Trinajstić information content (AvgIpc) is 2.72. The van der Waals surface area contributed by atoms with Crippen molar-refractivity contribution in [3.05, 3.63) is 92.9 Å². The molecule has 5 nitrogen and oxygen atoms in total. The van der Waals surface area contributed by atoms with Gasteiger partial charge in [-0.05, 0) is 60.5 Å². The number of nitrogens with zero attached hydrogens (tertiary/aromatic N) is 1. The van der Waals surface area contributed by atoms with Crippen LogP contribution < -0.4 is 5.32 Å². The third kappa shape index (κ3) is 5.99. The topological polar surface area (TPSA) is 66.5 Å². The summed E-state index contributed by atoms with van der Waals surface area (Å²) >= 11 is 18.2. The van der Waals surface area contributed by atoms with Crippen molar-refractivity contribution in [2.75, 3.05) is 11.9 Å². The fourth-order valence-corrected chi connectivity index (χ4v) is 5.01. The van der Waals surface area contributed by atoms with Crippen molar-refractivity contribution in [1.82, 2.24) is 4.31 Å². The highest BCUT2D eigenvalue weighted by Crippen LogP contribution is 2.26. The second-order valence-electron chi connectivity index (χ2n) is 6.83. The summed E-state index contributed by atoms with van der Waals surface area (Å²) in [5.41, 5.74) is 1.84. The number of sulfonamides is 1. The summed E-state index contributed by atoms with van der Waals surface area (Å²) in [6, 6.07) is 17.7. The van der Waals surface area contributed by atoms with E-state index < -0.39 is 22.5 Å². The minimum absolute atomic E-state index is 0.0792. The normalized spacial score (nSPS) is 11.5. The third-order valence-corrected chi connectivity index (χ3v) is 7.15. The summed E-state index contributed by atoms with van der Waals surface area (Å²) < 4.78 is 27.6. The summed E-state index contributed by atoms with van der Waals surface area (Å²) in [6.07, 6.45) is 0. The van der Waals surface area contributed by atoms with E-state index in [4.69, 9.17) is 34.8 Å². The Morgan fingerprint density at radius 2 is 1.58 bits per heavy atom. The lowest BCUT2D eigenvalue weighted by atomic mass is 10.2. The molecule has 0 spiro atoms. The molecule has 0 aliphatic carbocycles. The number of nitrogens with one attached hydrogen (secondary N) is 1. The molecule has 9 heteroatoms. The Labute approximate surface area is 196 Å². The Hall–Kier alpha value is -2.09. The summed E-state index contributed by atoms with van der Waals surface area (Å²) in [7, 11) is -3.97. The monoisotopic (exact) mass is 496 g/mol. The first-order chi connectivity index (χ1) is 14.7. The molecular weight excluding hydrogens is 479 g/mol. The van der Waals surface area contributed by atoms with Gasteiger partial charge in [0.05, 0.1) is 11.4 Å². The zero-order valence-electron chi connectivity index (χ0n) is 16.5. The third-order valence-electron chi connectivity index (χ3n) is 4.53. The molecular formula is C22H19Cl3N2O3S. The van der Waals surface area contributed by atoms with Gasteiger partial charge < -0.3 is 5.32 Å². The zero-order valence-corrected chi connectivity index (χ0v) is 19.6. The second kappa shape index (κ2) is 10.0. The molecule has 31 heavy (non-hydrogen) atoms. The first-order valence-electron chi connectivity index (χ1n) is 9.22. The van der Waals surface area contributed by atoms with Crippen molar-refractivity contribution in [2.45, 2.75) is 18.4 Å². The molecule has 0 aliphatic rings. The van der Waals surface area contributed by atoms with Crippen molar-refractivity contribution in [1.29, 1.82) is 0 Å². The van der Waals surface area contributed by atoms with Crippen molar-refractivity contribution >= 4 is 56.4 Å². The van der Waals surface area contributed by atoms with Gasteiger partial charge in [0.2, 0.25) is 15.9 Å². The lowest BCUT2D eigenvalue weighted by Crippen LogP contribution is -2.37. The number of benzene rings is 3. The molecule has 3 aromatic rings. The number of anilines is 1. The van der Waals surface area contributed by atoms with Crippen LogP contribution in [0, 0.1) is 6.92 Å². The number of hydrogen-bond donors (Lipinski definition) is 1. The maximum absolute atomic E-state index is 13.3. The van der Waals surface area contributed by atoms with Gasteiger partial charge in [-0.1, -0.05) is 59.1 Å².